The molecule has 0 spiro atoms. The fourth-order valence-corrected chi connectivity index (χ4v) is 1.95. The zero-order valence-electron chi connectivity index (χ0n) is 11.5. The molecule has 0 aliphatic rings. The molecular weight excluding hydrogens is 243 g/mol. The van der Waals surface area contributed by atoms with Crippen molar-refractivity contribution >= 4 is 17.2 Å². The molecule has 2 rings (SSSR count). The van der Waals surface area contributed by atoms with Crippen LogP contribution in [0, 0.1) is 19.7 Å². The second kappa shape index (κ2) is 5.30. The summed E-state index contributed by atoms with van der Waals surface area (Å²) in [6.07, 6.45) is 0.936. The molecule has 102 valence electrons. The van der Waals surface area contributed by atoms with Crippen molar-refractivity contribution in [3.63, 3.8) is 0 Å². The summed E-state index contributed by atoms with van der Waals surface area (Å²) in [6, 6.07) is 5.06. The van der Waals surface area contributed by atoms with E-state index >= 15 is 0 Å². The molecule has 0 aliphatic heterocycles. The number of hydrogen-bond acceptors (Lipinski definition) is 3. The lowest BCUT2D eigenvalue weighted by molar-refractivity contribution is 0.603. The molecule has 0 radical (unpaired) electrons. The molecule has 2 aromatic rings. The van der Waals surface area contributed by atoms with Gasteiger partial charge in [-0.15, -0.1) is 0 Å². The molecule has 1 heterocycles. The quantitative estimate of drug-likeness (QED) is 0.888. The average molecular weight is 262 g/mol. The maximum absolute atomic E-state index is 13.9. The van der Waals surface area contributed by atoms with Crippen LogP contribution in [0.2, 0.25) is 0 Å². The number of benzene rings is 1. The highest BCUT2D eigenvalue weighted by Gasteiger charge is 2.13. The number of aromatic nitrogens is 2. The molecule has 1 aromatic carbocycles. The molecule has 0 aliphatic carbocycles. The first-order valence-corrected chi connectivity index (χ1v) is 6.39. The van der Waals surface area contributed by atoms with E-state index in [4.69, 9.17) is 5.73 Å². The van der Waals surface area contributed by atoms with Gasteiger partial charge in [-0.1, -0.05) is 13.0 Å². The Hall–Kier alpha value is -2.04. The van der Waals surface area contributed by atoms with Gasteiger partial charge in [0.05, 0.1) is 17.1 Å². The van der Waals surface area contributed by atoms with Crippen molar-refractivity contribution in [1.82, 2.24) is 9.78 Å². The Kier molecular flexibility index (Phi) is 3.74. The molecule has 0 saturated heterocycles. The van der Waals surface area contributed by atoms with Crippen molar-refractivity contribution in [1.29, 1.82) is 0 Å². The fraction of sp³-hybridized carbons (Fsp3) is 0.357. The van der Waals surface area contributed by atoms with Crippen molar-refractivity contribution in [2.75, 3.05) is 11.1 Å². The number of aryl methyl sites for hydroxylation is 3. The van der Waals surface area contributed by atoms with Crippen LogP contribution < -0.4 is 11.1 Å². The van der Waals surface area contributed by atoms with Gasteiger partial charge < -0.3 is 11.1 Å². The lowest BCUT2D eigenvalue weighted by Crippen LogP contribution is -2.06. The number of halogens is 1. The van der Waals surface area contributed by atoms with E-state index in [9.17, 15) is 4.39 Å². The fourth-order valence-electron chi connectivity index (χ4n) is 1.95. The molecule has 5 heteroatoms. The van der Waals surface area contributed by atoms with Crippen LogP contribution in [0.5, 0.6) is 0 Å². The van der Waals surface area contributed by atoms with Gasteiger partial charge in [0.15, 0.2) is 5.82 Å². The number of nitrogens with one attached hydrogen (secondary N) is 1. The van der Waals surface area contributed by atoms with Gasteiger partial charge in [0.1, 0.15) is 5.82 Å². The number of anilines is 3. The van der Waals surface area contributed by atoms with Crippen molar-refractivity contribution < 1.29 is 4.39 Å². The van der Waals surface area contributed by atoms with E-state index in [-0.39, 0.29) is 5.82 Å². The smallest absolute Gasteiger partial charge is 0.152 e. The first-order valence-electron chi connectivity index (χ1n) is 6.39. The Labute approximate surface area is 112 Å². The van der Waals surface area contributed by atoms with Crippen LogP contribution in [0.3, 0.4) is 0 Å². The van der Waals surface area contributed by atoms with Crippen molar-refractivity contribution in [2.24, 2.45) is 0 Å². The first-order chi connectivity index (χ1) is 9.02. The predicted molar refractivity (Wildman–Crippen MR) is 76.1 cm³/mol. The Morgan fingerprint density at radius 1 is 1.37 bits per heavy atom. The van der Waals surface area contributed by atoms with Crippen LogP contribution in [-0.4, -0.2) is 9.78 Å². The minimum Gasteiger partial charge on any atom is -0.394 e. The van der Waals surface area contributed by atoms with E-state index in [1.165, 1.54) is 6.07 Å². The normalized spacial score (nSPS) is 10.7. The van der Waals surface area contributed by atoms with Crippen molar-refractivity contribution in [2.45, 2.75) is 33.7 Å². The van der Waals surface area contributed by atoms with Crippen LogP contribution in [-0.2, 0) is 6.54 Å². The Bertz CT molecular complexity index is 589. The largest absolute Gasteiger partial charge is 0.394 e. The number of nitrogens with two attached hydrogens (primary N) is 1. The summed E-state index contributed by atoms with van der Waals surface area (Å²) >= 11 is 0. The maximum atomic E-state index is 13.9. The first kappa shape index (κ1) is 13.4. The van der Waals surface area contributed by atoms with Gasteiger partial charge in [-0.2, -0.15) is 5.10 Å². The summed E-state index contributed by atoms with van der Waals surface area (Å²) in [5.74, 6) is 0.364. The van der Waals surface area contributed by atoms with Gasteiger partial charge in [0.2, 0.25) is 0 Å². The SMILES string of the molecule is CCCn1nc(C)c(N)c1Nc1ccc(C)cc1F. The van der Waals surface area contributed by atoms with E-state index in [0.717, 1.165) is 24.2 Å². The summed E-state index contributed by atoms with van der Waals surface area (Å²) in [4.78, 5) is 0. The van der Waals surface area contributed by atoms with E-state index in [1.54, 1.807) is 10.7 Å². The van der Waals surface area contributed by atoms with Crippen molar-refractivity contribution in [3.8, 4) is 0 Å². The summed E-state index contributed by atoms with van der Waals surface area (Å²) in [6.45, 7) is 6.50. The van der Waals surface area contributed by atoms with Crippen LogP contribution in [0.25, 0.3) is 0 Å². The molecule has 3 N–H and O–H groups in total. The summed E-state index contributed by atoms with van der Waals surface area (Å²) in [7, 11) is 0. The highest BCUT2D eigenvalue weighted by Crippen LogP contribution is 2.27. The molecule has 0 unspecified atom stereocenters. The highest BCUT2D eigenvalue weighted by atomic mass is 19.1. The summed E-state index contributed by atoms with van der Waals surface area (Å²) in [5, 5.41) is 7.39. The van der Waals surface area contributed by atoms with Crippen LogP contribution in [0.1, 0.15) is 24.6 Å². The van der Waals surface area contributed by atoms with E-state index in [2.05, 4.69) is 17.3 Å². The molecule has 0 fully saturated rings. The van der Waals surface area contributed by atoms with E-state index in [0.29, 0.717) is 17.2 Å². The number of nitrogen functional groups attached to an aromatic ring is 1. The van der Waals surface area contributed by atoms with Gasteiger partial charge in [0, 0.05) is 6.54 Å². The molecule has 0 atom stereocenters. The van der Waals surface area contributed by atoms with Crippen LogP contribution in [0.15, 0.2) is 18.2 Å². The van der Waals surface area contributed by atoms with Gasteiger partial charge >= 0.3 is 0 Å². The zero-order chi connectivity index (χ0) is 14.0. The average Bonchev–Trinajstić information content (AvgIpc) is 2.61. The molecule has 1 aromatic heterocycles. The summed E-state index contributed by atoms with van der Waals surface area (Å²) in [5.41, 5.74) is 8.60. The lowest BCUT2D eigenvalue weighted by atomic mass is 10.2. The van der Waals surface area contributed by atoms with Gasteiger partial charge in [-0.25, -0.2) is 9.07 Å². The number of nitrogens with zero attached hydrogens (tertiary/aromatic N) is 2. The van der Waals surface area contributed by atoms with Gasteiger partial charge in [-0.3, -0.25) is 0 Å². The lowest BCUT2D eigenvalue weighted by Gasteiger charge is -2.11. The topological polar surface area (TPSA) is 55.9 Å². The minimum atomic E-state index is -0.290. The molecule has 0 bridgehead atoms. The van der Waals surface area contributed by atoms with E-state index in [1.807, 2.05) is 19.9 Å². The predicted octanol–water partition coefficient (Wildman–Crippen LogP) is 3.37. The Morgan fingerprint density at radius 3 is 2.74 bits per heavy atom. The zero-order valence-corrected chi connectivity index (χ0v) is 11.5. The second-order valence-electron chi connectivity index (χ2n) is 4.68. The molecule has 0 saturated carbocycles. The van der Waals surface area contributed by atoms with Gasteiger partial charge in [0.25, 0.3) is 0 Å². The molecule has 19 heavy (non-hydrogen) atoms. The summed E-state index contributed by atoms with van der Waals surface area (Å²) < 4.78 is 15.6. The van der Waals surface area contributed by atoms with E-state index < -0.39 is 0 Å². The molecule has 0 amide bonds. The van der Waals surface area contributed by atoms with Gasteiger partial charge in [-0.05, 0) is 38.0 Å². The molecule has 4 nitrogen and oxygen atoms in total. The van der Waals surface area contributed by atoms with Crippen molar-refractivity contribution in [3.05, 3.63) is 35.3 Å². The van der Waals surface area contributed by atoms with Crippen LogP contribution >= 0.6 is 0 Å². The number of hydrogen-bond donors (Lipinski definition) is 2. The second-order valence-corrected chi connectivity index (χ2v) is 4.68. The standard InChI is InChI=1S/C14H19FN4/c1-4-7-19-14(13(16)10(3)18-19)17-12-6-5-9(2)8-11(12)15/h5-6,8,17H,4,7,16H2,1-3H3. The Balaban J connectivity index is 2.37. The molecular formula is C14H19FN4. The number of rotatable bonds is 4. The third-order valence-electron chi connectivity index (χ3n) is 2.99. The third kappa shape index (κ3) is 2.70. The highest BCUT2D eigenvalue weighted by molar-refractivity contribution is 5.71. The maximum Gasteiger partial charge on any atom is 0.152 e. The minimum absolute atomic E-state index is 0.290. The monoisotopic (exact) mass is 262 g/mol. The Morgan fingerprint density at radius 2 is 2.11 bits per heavy atom. The van der Waals surface area contributed by atoms with Crippen LogP contribution in [0.4, 0.5) is 21.6 Å². The third-order valence-corrected chi connectivity index (χ3v) is 2.99.